The molecule has 3 N–H and O–H groups in total. The lowest BCUT2D eigenvalue weighted by Crippen LogP contribution is -2.34. The van der Waals surface area contributed by atoms with Crippen molar-refractivity contribution in [2.24, 2.45) is 0 Å². The van der Waals surface area contributed by atoms with Crippen molar-refractivity contribution in [1.82, 2.24) is 10.6 Å². The van der Waals surface area contributed by atoms with Gasteiger partial charge in [0.1, 0.15) is 0 Å². The molecule has 3 aromatic rings. The molecule has 7 heteroatoms. The highest BCUT2D eigenvalue weighted by Crippen LogP contribution is 2.18. The van der Waals surface area contributed by atoms with E-state index in [1.165, 1.54) is 0 Å². The molecule has 0 radical (unpaired) electrons. The largest absolute Gasteiger partial charge is 0.350 e. The third-order valence-corrected chi connectivity index (χ3v) is 5.52. The van der Waals surface area contributed by atoms with Crippen LogP contribution in [-0.4, -0.2) is 36.6 Å². The minimum Gasteiger partial charge on any atom is -0.350 e. The van der Waals surface area contributed by atoms with Gasteiger partial charge in [-0.2, -0.15) is 0 Å². The van der Waals surface area contributed by atoms with Gasteiger partial charge in [0.15, 0.2) is 0 Å². The Balaban J connectivity index is 1.35. The molecule has 0 saturated heterocycles. The summed E-state index contributed by atoms with van der Waals surface area (Å²) in [5.41, 5.74) is 1.71. The highest BCUT2D eigenvalue weighted by Gasteiger charge is 2.08. The average molecular weight is 448 g/mol. The number of hydrogen-bond donors (Lipinski definition) is 3. The molecule has 3 amide bonds. The van der Waals surface area contributed by atoms with Gasteiger partial charge in [0.25, 0.3) is 11.8 Å². The maximum absolute atomic E-state index is 12.3. The molecule has 0 atom stereocenters. The van der Waals surface area contributed by atoms with E-state index >= 15 is 0 Å². The van der Waals surface area contributed by atoms with E-state index < -0.39 is 0 Å². The SMILES string of the molecule is O=C(CCSc1ccccc1)Nc1ccc(C(=O)NCCNC(=O)c2ccccc2)cc1. The van der Waals surface area contributed by atoms with Gasteiger partial charge in [-0.15, -0.1) is 11.8 Å². The van der Waals surface area contributed by atoms with Gasteiger partial charge >= 0.3 is 0 Å². The molecule has 32 heavy (non-hydrogen) atoms. The van der Waals surface area contributed by atoms with Crippen LogP contribution < -0.4 is 16.0 Å². The Morgan fingerprint density at radius 1 is 0.656 bits per heavy atom. The first-order valence-corrected chi connectivity index (χ1v) is 11.3. The van der Waals surface area contributed by atoms with Crippen molar-refractivity contribution in [2.45, 2.75) is 11.3 Å². The first-order chi connectivity index (χ1) is 15.6. The van der Waals surface area contributed by atoms with Gasteiger partial charge in [0, 0.05) is 47.0 Å². The number of amides is 3. The summed E-state index contributed by atoms with van der Waals surface area (Å²) in [6.07, 6.45) is 0.399. The molecule has 3 aromatic carbocycles. The highest BCUT2D eigenvalue weighted by molar-refractivity contribution is 7.99. The Morgan fingerprint density at radius 3 is 1.78 bits per heavy atom. The zero-order valence-electron chi connectivity index (χ0n) is 17.5. The predicted molar refractivity (Wildman–Crippen MR) is 128 cm³/mol. The molecule has 0 unspecified atom stereocenters. The zero-order chi connectivity index (χ0) is 22.6. The number of nitrogens with one attached hydrogen (secondary N) is 3. The maximum atomic E-state index is 12.3. The molecule has 0 aromatic heterocycles. The van der Waals surface area contributed by atoms with Gasteiger partial charge in [-0.1, -0.05) is 36.4 Å². The second kappa shape index (κ2) is 12.3. The molecule has 0 bridgehead atoms. The lowest BCUT2D eigenvalue weighted by atomic mass is 10.2. The molecule has 3 rings (SSSR count). The molecule has 0 saturated carbocycles. The first-order valence-electron chi connectivity index (χ1n) is 10.3. The fourth-order valence-electron chi connectivity index (χ4n) is 2.85. The normalized spacial score (nSPS) is 10.2. The zero-order valence-corrected chi connectivity index (χ0v) is 18.4. The van der Waals surface area contributed by atoms with Crippen LogP contribution in [-0.2, 0) is 4.79 Å². The third-order valence-electron chi connectivity index (χ3n) is 4.50. The van der Waals surface area contributed by atoms with Gasteiger partial charge in [0.2, 0.25) is 5.91 Å². The topological polar surface area (TPSA) is 87.3 Å². The summed E-state index contributed by atoms with van der Waals surface area (Å²) in [6.45, 7) is 0.642. The van der Waals surface area contributed by atoms with E-state index in [4.69, 9.17) is 0 Å². The molecule has 0 spiro atoms. The molecule has 0 fully saturated rings. The van der Waals surface area contributed by atoms with Crippen molar-refractivity contribution >= 4 is 35.2 Å². The summed E-state index contributed by atoms with van der Waals surface area (Å²) in [5.74, 6) is 0.204. The summed E-state index contributed by atoms with van der Waals surface area (Å²) >= 11 is 1.64. The number of hydrogen-bond acceptors (Lipinski definition) is 4. The Hall–Kier alpha value is -3.58. The summed E-state index contributed by atoms with van der Waals surface area (Å²) in [6, 6.07) is 25.6. The predicted octanol–water partition coefficient (Wildman–Crippen LogP) is 3.97. The van der Waals surface area contributed by atoms with Crippen molar-refractivity contribution < 1.29 is 14.4 Å². The van der Waals surface area contributed by atoms with Crippen LogP contribution in [0.2, 0.25) is 0 Å². The number of carbonyl (C=O) groups excluding carboxylic acids is 3. The van der Waals surface area contributed by atoms with E-state index in [0.717, 1.165) is 4.90 Å². The minimum atomic E-state index is -0.240. The summed E-state index contributed by atoms with van der Waals surface area (Å²) < 4.78 is 0. The Morgan fingerprint density at radius 2 is 1.19 bits per heavy atom. The molecule has 0 aliphatic heterocycles. The van der Waals surface area contributed by atoms with E-state index in [1.807, 2.05) is 36.4 Å². The second-order valence-corrected chi connectivity index (χ2v) is 8.08. The van der Waals surface area contributed by atoms with Gasteiger partial charge in [-0.25, -0.2) is 0 Å². The van der Waals surface area contributed by atoms with Crippen molar-refractivity contribution in [3.63, 3.8) is 0 Å². The number of carbonyl (C=O) groups is 3. The number of rotatable bonds is 10. The molecule has 164 valence electrons. The van der Waals surface area contributed by atoms with Gasteiger partial charge in [-0.3, -0.25) is 14.4 Å². The van der Waals surface area contributed by atoms with Crippen LogP contribution in [0.5, 0.6) is 0 Å². The highest BCUT2D eigenvalue weighted by atomic mass is 32.2. The van der Waals surface area contributed by atoms with Crippen LogP contribution in [0.4, 0.5) is 5.69 Å². The fraction of sp³-hybridized carbons (Fsp3) is 0.160. The summed E-state index contributed by atoms with van der Waals surface area (Å²) in [7, 11) is 0. The van der Waals surface area contributed by atoms with Crippen LogP contribution in [0.15, 0.2) is 89.8 Å². The summed E-state index contributed by atoms with van der Waals surface area (Å²) in [5, 5.41) is 8.37. The molecular weight excluding hydrogens is 422 g/mol. The average Bonchev–Trinajstić information content (AvgIpc) is 2.83. The summed E-state index contributed by atoms with van der Waals surface area (Å²) in [4.78, 5) is 37.5. The van der Waals surface area contributed by atoms with E-state index in [0.29, 0.717) is 42.1 Å². The van der Waals surface area contributed by atoms with Gasteiger partial charge < -0.3 is 16.0 Å². The molecule has 0 aliphatic carbocycles. The second-order valence-electron chi connectivity index (χ2n) is 6.91. The quantitative estimate of drug-likeness (QED) is 0.324. The van der Waals surface area contributed by atoms with E-state index in [1.54, 1.807) is 60.3 Å². The molecule has 0 aliphatic rings. The maximum Gasteiger partial charge on any atom is 0.251 e. The number of anilines is 1. The number of benzene rings is 3. The Kier molecular flexibility index (Phi) is 8.89. The van der Waals surface area contributed by atoms with Gasteiger partial charge in [0.05, 0.1) is 0 Å². The smallest absolute Gasteiger partial charge is 0.251 e. The Bertz CT molecular complexity index is 1030. The fourth-order valence-corrected chi connectivity index (χ4v) is 3.73. The van der Waals surface area contributed by atoms with Crippen molar-refractivity contribution in [2.75, 3.05) is 24.2 Å². The first kappa shape index (κ1) is 23.1. The molecule has 0 heterocycles. The van der Waals surface area contributed by atoms with E-state index in [-0.39, 0.29) is 17.7 Å². The lowest BCUT2D eigenvalue weighted by Gasteiger charge is -2.09. The minimum absolute atomic E-state index is 0.0696. The molecule has 6 nitrogen and oxygen atoms in total. The van der Waals surface area contributed by atoms with Crippen molar-refractivity contribution in [3.05, 3.63) is 96.1 Å². The van der Waals surface area contributed by atoms with Crippen LogP contribution in [0.3, 0.4) is 0 Å². The van der Waals surface area contributed by atoms with Crippen LogP contribution in [0.1, 0.15) is 27.1 Å². The molecular formula is C25H25N3O3S. The van der Waals surface area contributed by atoms with Gasteiger partial charge in [-0.05, 0) is 48.5 Å². The monoisotopic (exact) mass is 447 g/mol. The van der Waals surface area contributed by atoms with Crippen molar-refractivity contribution in [1.29, 1.82) is 0 Å². The third kappa shape index (κ3) is 7.59. The Labute approximate surface area is 191 Å². The van der Waals surface area contributed by atoms with Crippen LogP contribution in [0.25, 0.3) is 0 Å². The van der Waals surface area contributed by atoms with Crippen molar-refractivity contribution in [3.8, 4) is 0 Å². The van der Waals surface area contributed by atoms with E-state index in [9.17, 15) is 14.4 Å². The van der Waals surface area contributed by atoms with E-state index in [2.05, 4.69) is 16.0 Å². The van der Waals surface area contributed by atoms with Crippen LogP contribution >= 0.6 is 11.8 Å². The standard InChI is InChI=1S/C25H25N3O3S/c29-23(15-18-32-22-9-5-2-6-10-22)28-21-13-11-20(12-14-21)25(31)27-17-16-26-24(30)19-7-3-1-4-8-19/h1-14H,15-18H2,(H,26,30)(H,27,31)(H,28,29). The van der Waals surface area contributed by atoms with Crippen LogP contribution in [0, 0.1) is 0 Å². The number of thioether (sulfide) groups is 1. The lowest BCUT2D eigenvalue weighted by molar-refractivity contribution is -0.115.